The molecule has 1 heterocycles. The predicted molar refractivity (Wildman–Crippen MR) is 74.4 cm³/mol. The first kappa shape index (κ1) is 14.9. The van der Waals surface area contributed by atoms with Gasteiger partial charge in [0.2, 0.25) is 9.84 Å². The molecule has 0 bridgehead atoms. The van der Waals surface area contributed by atoms with E-state index in [1.165, 1.54) is 37.4 Å². The normalized spacial score (nSPS) is 11.6. The van der Waals surface area contributed by atoms with Crippen LogP contribution in [0.25, 0.3) is 0 Å². The monoisotopic (exact) mass is 312 g/mol. The summed E-state index contributed by atoms with van der Waals surface area (Å²) in [6, 6.07) is 7.37. The number of sulfone groups is 1. The minimum Gasteiger partial charge on any atom is -0.378 e. The molecule has 0 amide bonds. The van der Waals surface area contributed by atoms with E-state index in [1.807, 2.05) is 0 Å². The van der Waals surface area contributed by atoms with Gasteiger partial charge in [-0.3, -0.25) is 0 Å². The maximum absolute atomic E-state index is 12.5. The van der Waals surface area contributed by atoms with Crippen LogP contribution in [0.1, 0.15) is 11.5 Å². The van der Waals surface area contributed by atoms with E-state index in [0.29, 0.717) is 16.5 Å². The highest BCUT2D eigenvalue weighted by Crippen LogP contribution is 2.21. The van der Waals surface area contributed by atoms with Gasteiger partial charge in [-0.15, -0.1) is 0 Å². The summed E-state index contributed by atoms with van der Waals surface area (Å²) in [5.74, 6) is 0.382. The van der Waals surface area contributed by atoms with Crippen LogP contribution >= 0.6 is 11.6 Å². The fraction of sp³-hybridized carbons (Fsp3) is 0.231. The SMILES string of the molecule is COCc1cc(S(=O)(=O)c2ccc(Cl)cc2)nc(C)n1. The Hall–Kier alpha value is -1.50. The zero-order valence-corrected chi connectivity index (χ0v) is 12.6. The topological polar surface area (TPSA) is 69.2 Å². The van der Waals surface area contributed by atoms with Crippen molar-refractivity contribution in [2.75, 3.05) is 7.11 Å². The van der Waals surface area contributed by atoms with Crippen LogP contribution in [0.3, 0.4) is 0 Å². The molecule has 0 fully saturated rings. The van der Waals surface area contributed by atoms with Crippen LogP contribution in [0.4, 0.5) is 0 Å². The summed E-state index contributed by atoms with van der Waals surface area (Å²) in [7, 11) is -2.17. The van der Waals surface area contributed by atoms with E-state index in [-0.39, 0.29) is 16.5 Å². The second kappa shape index (κ2) is 5.87. The largest absolute Gasteiger partial charge is 0.378 e. The summed E-state index contributed by atoms with van der Waals surface area (Å²) in [5.41, 5.74) is 0.521. The lowest BCUT2D eigenvalue weighted by molar-refractivity contribution is 0.181. The molecule has 1 aromatic heterocycles. The highest BCUT2D eigenvalue weighted by Gasteiger charge is 2.20. The molecule has 7 heteroatoms. The van der Waals surface area contributed by atoms with Gasteiger partial charge in [0.05, 0.1) is 17.2 Å². The number of methoxy groups -OCH3 is 1. The van der Waals surface area contributed by atoms with Gasteiger partial charge < -0.3 is 4.74 Å². The Morgan fingerprint density at radius 1 is 1.20 bits per heavy atom. The molecule has 2 rings (SSSR count). The molecule has 0 aliphatic carbocycles. The van der Waals surface area contributed by atoms with Crippen molar-refractivity contribution in [3.05, 3.63) is 46.9 Å². The molecule has 20 heavy (non-hydrogen) atoms. The summed E-state index contributed by atoms with van der Waals surface area (Å²) in [4.78, 5) is 8.26. The zero-order valence-electron chi connectivity index (χ0n) is 11.0. The number of nitrogens with zero attached hydrogens (tertiary/aromatic N) is 2. The van der Waals surface area contributed by atoms with Gasteiger partial charge in [-0.2, -0.15) is 0 Å². The highest BCUT2D eigenvalue weighted by molar-refractivity contribution is 7.91. The second-order valence-electron chi connectivity index (χ2n) is 4.14. The average molecular weight is 313 g/mol. The highest BCUT2D eigenvalue weighted by atomic mass is 35.5. The van der Waals surface area contributed by atoms with Crippen LogP contribution in [0.2, 0.25) is 5.02 Å². The molecule has 5 nitrogen and oxygen atoms in total. The molecule has 0 N–H and O–H groups in total. The maximum Gasteiger partial charge on any atom is 0.223 e. The molecular formula is C13H13ClN2O3S. The van der Waals surface area contributed by atoms with Gasteiger partial charge >= 0.3 is 0 Å². The molecule has 2 aromatic rings. The lowest BCUT2D eigenvalue weighted by Crippen LogP contribution is -2.08. The van der Waals surface area contributed by atoms with Gasteiger partial charge in [-0.25, -0.2) is 18.4 Å². The number of hydrogen-bond donors (Lipinski definition) is 0. The summed E-state index contributed by atoms with van der Waals surface area (Å²) in [5, 5.41) is 0.433. The van der Waals surface area contributed by atoms with Gasteiger partial charge in [-0.05, 0) is 37.3 Å². The third kappa shape index (κ3) is 3.15. The van der Waals surface area contributed by atoms with Crippen molar-refractivity contribution in [2.24, 2.45) is 0 Å². The lowest BCUT2D eigenvalue weighted by Gasteiger charge is -2.07. The summed E-state index contributed by atoms with van der Waals surface area (Å²) in [6.45, 7) is 1.87. The molecular weight excluding hydrogens is 300 g/mol. The number of halogens is 1. The predicted octanol–water partition coefficient (Wildman–Crippen LogP) is 2.42. The first-order valence-corrected chi connectivity index (χ1v) is 7.64. The molecule has 1 aromatic carbocycles. The number of rotatable bonds is 4. The van der Waals surface area contributed by atoms with E-state index in [0.717, 1.165) is 0 Å². The Kier molecular flexibility index (Phi) is 4.37. The number of benzene rings is 1. The fourth-order valence-electron chi connectivity index (χ4n) is 1.69. The van der Waals surface area contributed by atoms with E-state index < -0.39 is 9.84 Å². The van der Waals surface area contributed by atoms with E-state index >= 15 is 0 Å². The Balaban J connectivity index is 2.51. The van der Waals surface area contributed by atoms with Crippen LogP contribution in [-0.4, -0.2) is 25.5 Å². The third-order valence-electron chi connectivity index (χ3n) is 2.56. The smallest absolute Gasteiger partial charge is 0.223 e. The standard InChI is InChI=1S/C13H13ClN2O3S/c1-9-15-11(8-19-2)7-13(16-9)20(17,18)12-5-3-10(14)4-6-12/h3-7H,8H2,1-2H3. The Morgan fingerprint density at radius 3 is 2.45 bits per heavy atom. The molecule has 106 valence electrons. The molecule has 0 atom stereocenters. The van der Waals surface area contributed by atoms with Crippen LogP contribution in [0.15, 0.2) is 40.3 Å². The van der Waals surface area contributed by atoms with Crippen molar-refractivity contribution in [3.63, 3.8) is 0 Å². The van der Waals surface area contributed by atoms with E-state index in [4.69, 9.17) is 16.3 Å². The number of ether oxygens (including phenoxy) is 1. The van der Waals surface area contributed by atoms with E-state index in [1.54, 1.807) is 6.92 Å². The number of aryl methyl sites for hydroxylation is 1. The van der Waals surface area contributed by atoms with Gasteiger partial charge in [0.25, 0.3) is 0 Å². The molecule has 0 saturated heterocycles. The van der Waals surface area contributed by atoms with Crippen LogP contribution < -0.4 is 0 Å². The molecule has 0 spiro atoms. The van der Waals surface area contributed by atoms with Crippen molar-refractivity contribution in [1.82, 2.24) is 9.97 Å². The van der Waals surface area contributed by atoms with E-state index in [2.05, 4.69) is 9.97 Å². The molecule has 0 radical (unpaired) electrons. The fourth-order valence-corrected chi connectivity index (χ4v) is 3.10. The average Bonchev–Trinajstić information content (AvgIpc) is 2.39. The lowest BCUT2D eigenvalue weighted by atomic mass is 10.4. The Bertz CT molecular complexity index is 715. The van der Waals surface area contributed by atoms with Gasteiger partial charge in [0.1, 0.15) is 5.82 Å². The van der Waals surface area contributed by atoms with Gasteiger partial charge in [-0.1, -0.05) is 11.6 Å². The van der Waals surface area contributed by atoms with Gasteiger partial charge in [0.15, 0.2) is 5.03 Å². The van der Waals surface area contributed by atoms with Crippen molar-refractivity contribution < 1.29 is 13.2 Å². The number of aromatic nitrogens is 2. The van der Waals surface area contributed by atoms with E-state index in [9.17, 15) is 8.42 Å². The number of hydrogen-bond acceptors (Lipinski definition) is 5. The summed E-state index contributed by atoms with van der Waals surface area (Å²) < 4.78 is 29.9. The third-order valence-corrected chi connectivity index (χ3v) is 4.46. The van der Waals surface area contributed by atoms with Crippen molar-refractivity contribution in [1.29, 1.82) is 0 Å². The minimum atomic E-state index is -3.68. The van der Waals surface area contributed by atoms with Crippen LogP contribution in [0.5, 0.6) is 0 Å². The quantitative estimate of drug-likeness (QED) is 0.811. The Morgan fingerprint density at radius 2 is 1.85 bits per heavy atom. The summed E-state index contributed by atoms with van der Waals surface area (Å²) >= 11 is 5.76. The van der Waals surface area contributed by atoms with Crippen LogP contribution in [0, 0.1) is 6.92 Å². The van der Waals surface area contributed by atoms with Crippen molar-refractivity contribution in [3.8, 4) is 0 Å². The maximum atomic E-state index is 12.5. The zero-order chi connectivity index (χ0) is 14.8. The van der Waals surface area contributed by atoms with Crippen molar-refractivity contribution in [2.45, 2.75) is 23.5 Å². The molecule has 0 unspecified atom stereocenters. The molecule has 0 aliphatic rings. The minimum absolute atomic E-state index is 0.0422. The molecule has 0 saturated carbocycles. The summed E-state index contributed by atoms with van der Waals surface area (Å²) in [6.07, 6.45) is 0. The second-order valence-corrected chi connectivity index (χ2v) is 6.47. The van der Waals surface area contributed by atoms with Crippen LogP contribution in [-0.2, 0) is 21.2 Å². The first-order valence-electron chi connectivity index (χ1n) is 5.77. The Labute approximate surface area is 122 Å². The van der Waals surface area contributed by atoms with Gasteiger partial charge in [0, 0.05) is 12.1 Å². The first-order chi connectivity index (χ1) is 9.43. The molecule has 0 aliphatic heterocycles. The van der Waals surface area contributed by atoms with Crippen molar-refractivity contribution >= 4 is 21.4 Å².